The second-order valence-corrected chi connectivity index (χ2v) is 4.63. The summed E-state index contributed by atoms with van der Waals surface area (Å²) in [6.07, 6.45) is 5.78. The SMILES string of the molecule is CCn1nccc1CC(C)CNC1CC1. The first-order chi connectivity index (χ1) is 7.29. The van der Waals surface area contributed by atoms with Gasteiger partial charge < -0.3 is 5.32 Å². The van der Waals surface area contributed by atoms with Gasteiger partial charge in [0, 0.05) is 24.5 Å². The first kappa shape index (κ1) is 10.7. The Bertz CT molecular complexity index is 302. The Morgan fingerprint density at radius 3 is 3.07 bits per heavy atom. The Labute approximate surface area is 91.9 Å². The van der Waals surface area contributed by atoms with E-state index in [9.17, 15) is 0 Å². The third-order valence-electron chi connectivity index (χ3n) is 2.99. The summed E-state index contributed by atoms with van der Waals surface area (Å²) in [5.74, 6) is 0.701. The molecule has 1 aromatic heterocycles. The molecular formula is C12H21N3. The third kappa shape index (κ3) is 3.06. The largest absolute Gasteiger partial charge is 0.314 e. The van der Waals surface area contributed by atoms with Crippen LogP contribution in [0, 0.1) is 5.92 Å². The van der Waals surface area contributed by atoms with Gasteiger partial charge in [0.05, 0.1) is 0 Å². The van der Waals surface area contributed by atoms with E-state index in [0.29, 0.717) is 5.92 Å². The van der Waals surface area contributed by atoms with Crippen LogP contribution in [0.15, 0.2) is 12.3 Å². The second-order valence-electron chi connectivity index (χ2n) is 4.63. The van der Waals surface area contributed by atoms with Gasteiger partial charge in [-0.3, -0.25) is 4.68 Å². The van der Waals surface area contributed by atoms with Crippen LogP contribution >= 0.6 is 0 Å². The normalized spacial score (nSPS) is 18.0. The molecule has 84 valence electrons. The van der Waals surface area contributed by atoms with Crippen LogP contribution in [-0.4, -0.2) is 22.4 Å². The summed E-state index contributed by atoms with van der Waals surface area (Å²) in [6, 6.07) is 2.96. The van der Waals surface area contributed by atoms with Crippen LogP contribution in [0.3, 0.4) is 0 Å². The summed E-state index contributed by atoms with van der Waals surface area (Å²) >= 11 is 0. The molecule has 1 aromatic rings. The summed E-state index contributed by atoms with van der Waals surface area (Å²) in [5, 5.41) is 7.87. The molecule has 1 heterocycles. The van der Waals surface area contributed by atoms with Crippen molar-refractivity contribution in [3.63, 3.8) is 0 Å². The van der Waals surface area contributed by atoms with Crippen molar-refractivity contribution in [2.75, 3.05) is 6.54 Å². The molecule has 0 saturated heterocycles. The molecule has 15 heavy (non-hydrogen) atoms. The minimum Gasteiger partial charge on any atom is -0.314 e. The van der Waals surface area contributed by atoms with Gasteiger partial charge in [0.2, 0.25) is 0 Å². The van der Waals surface area contributed by atoms with E-state index in [4.69, 9.17) is 0 Å². The van der Waals surface area contributed by atoms with E-state index < -0.39 is 0 Å². The number of rotatable bonds is 6. The molecule has 0 aromatic carbocycles. The number of hydrogen-bond donors (Lipinski definition) is 1. The molecule has 1 atom stereocenters. The predicted molar refractivity (Wildman–Crippen MR) is 61.8 cm³/mol. The Morgan fingerprint density at radius 2 is 2.40 bits per heavy atom. The topological polar surface area (TPSA) is 29.9 Å². The average Bonchev–Trinajstić information content (AvgIpc) is 2.96. The van der Waals surface area contributed by atoms with Gasteiger partial charge in [0.25, 0.3) is 0 Å². The van der Waals surface area contributed by atoms with Crippen molar-refractivity contribution in [3.8, 4) is 0 Å². The summed E-state index contributed by atoms with van der Waals surface area (Å²) in [4.78, 5) is 0. The Morgan fingerprint density at radius 1 is 1.60 bits per heavy atom. The van der Waals surface area contributed by atoms with Gasteiger partial charge >= 0.3 is 0 Å². The molecule has 3 nitrogen and oxygen atoms in total. The maximum absolute atomic E-state index is 4.29. The molecule has 0 aliphatic heterocycles. The molecule has 1 fully saturated rings. The number of aromatic nitrogens is 2. The van der Waals surface area contributed by atoms with Crippen molar-refractivity contribution in [3.05, 3.63) is 18.0 Å². The van der Waals surface area contributed by atoms with E-state index in [2.05, 4.69) is 35.0 Å². The Hall–Kier alpha value is -0.830. The molecule has 1 N–H and O–H groups in total. The summed E-state index contributed by atoms with van der Waals surface area (Å²) in [6.45, 7) is 6.57. The van der Waals surface area contributed by atoms with E-state index in [1.54, 1.807) is 0 Å². The van der Waals surface area contributed by atoms with Gasteiger partial charge in [-0.15, -0.1) is 0 Å². The minimum atomic E-state index is 0.701. The van der Waals surface area contributed by atoms with Crippen LogP contribution in [0.5, 0.6) is 0 Å². The zero-order valence-electron chi connectivity index (χ0n) is 9.74. The number of nitrogens with zero attached hydrogens (tertiary/aromatic N) is 2. The molecular weight excluding hydrogens is 186 g/mol. The lowest BCUT2D eigenvalue weighted by Gasteiger charge is -2.13. The smallest absolute Gasteiger partial charge is 0.0492 e. The molecule has 1 aliphatic carbocycles. The standard InChI is InChI=1S/C12H21N3/c1-3-15-12(6-7-14-15)8-10(2)9-13-11-4-5-11/h6-7,10-11,13H,3-5,8-9H2,1-2H3. The Balaban J connectivity index is 1.78. The van der Waals surface area contributed by atoms with Gasteiger partial charge in [-0.2, -0.15) is 5.10 Å². The van der Waals surface area contributed by atoms with Crippen LogP contribution in [0.1, 0.15) is 32.4 Å². The lowest BCUT2D eigenvalue weighted by molar-refractivity contribution is 0.486. The van der Waals surface area contributed by atoms with Crippen molar-refractivity contribution < 1.29 is 0 Å². The zero-order chi connectivity index (χ0) is 10.7. The maximum atomic E-state index is 4.29. The number of nitrogens with one attached hydrogen (secondary N) is 1. The van der Waals surface area contributed by atoms with Crippen molar-refractivity contribution in [2.24, 2.45) is 5.92 Å². The van der Waals surface area contributed by atoms with Crippen molar-refractivity contribution in [2.45, 2.75) is 45.7 Å². The summed E-state index contributed by atoms with van der Waals surface area (Å²) in [7, 11) is 0. The highest BCUT2D eigenvalue weighted by atomic mass is 15.3. The van der Waals surface area contributed by atoms with Gasteiger partial charge in [0.15, 0.2) is 0 Å². The Kier molecular flexibility index (Phi) is 3.41. The lowest BCUT2D eigenvalue weighted by Crippen LogP contribution is -2.24. The highest BCUT2D eigenvalue weighted by Gasteiger charge is 2.21. The number of aryl methyl sites for hydroxylation is 1. The molecule has 2 rings (SSSR count). The second kappa shape index (κ2) is 4.79. The van der Waals surface area contributed by atoms with Crippen molar-refractivity contribution >= 4 is 0 Å². The van der Waals surface area contributed by atoms with E-state index in [1.807, 2.05) is 6.20 Å². The van der Waals surface area contributed by atoms with Gasteiger partial charge in [-0.05, 0) is 44.7 Å². The molecule has 1 aliphatic rings. The quantitative estimate of drug-likeness (QED) is 0.771. The van der Waals surface area contributed by atoms with E-state index in [0.717, 1.165) is 25.6 Å². The van der Waals surface area contributed by atoms with Gasteiger partial charge in [-0.25, -0.2) is 0 Å². The van der Waals surface area contributed by atoms with Gasteiger partial charge in [-0.1, -0.05) is 6.92 Å². The average molecular weight is 207 g/mol. The fourth-order valence-corrected chi connectivity index (χ4v) is 1.90. The molecule has 1 unspecified atom stereocenters. The molecule has 0 bridgehead atoms. The fourth-order valence-electron chi connectivity index (χ4n) is 1.90. The lowest BCUT2D eigenvalue weighted by atomic mass is 10.1. The molecule has 0 spiro atoms. The minimum absolute atomic E-state index is 0.701. The van der Waals surface area contributed by atoms with Crippen LogP contribution in [0.2, 0.25) is 0 Å². The first-order valence-corrected chi connectivity index (χ1v) is 6.03. The fraction of sp³-hybridized carbons (Fsp3) is 0.750. The molecule has 3 heteroatoms. The third-order valence-corrected chi connectivity index (χ3v) is 2.99. The van der Waals surface area contributed by atoms with Crippen molar-refractivity contribution in [1.82, 2.24) is 15.1 Å². The van der Waals surface area contributed by atoms with E-state index in [-0.39, 0.29) is 0 Å². The van der Waals surface area contributed by atoms with Crippen LogP contribution in [0.25, 0.3) is 0 Å². The van der Waals surface area contributed by atoms with Crippen LogP contribution in [0.4, 0.5) is 0 Å². The molecule has 1 saturated carbocycles. The number of hydrogen-bond acceptors (Lipinski definition) is 2. The maximum Gasteiger partial charge on any atom is 0.0492 e. The summed E-state index contributed by atoms with van der Waals surface area (Å²) < 4.78 is 2.09. The van der Waals surface area contributed by atoms with E-state index in [1.165, 1.54) is 18.5 Å². The van der Waals surface area contributed by atoms with Crippen LogP contribution < -0.4 is 5.32 Å². The van der Waals surface area contributed by atoms with E-state index >= 15 is 0 Å². The molecule has 0 amide bonds. The zero-order valence-corrected chi connectivity index (χ0v) is 9.74. The van der Waals surface area contributed by atoms with Crippen LogP contribution in [-0.2, 0) is 13.0 Å². The first-order valence-electron chi connectivity index (χ1n) is 6.03. The monoisotopic (exact) mass is 207 g/mol. The van der Waals surface area contributed by atoms with Crippen molar-refractivity contribution in [1.29, 1.82) is 0 Å². The van der Waals surface area contributed by atoms with Gasteiger partial charge in [0.1, 0.15) is 0 Å². The predicted octanol–water partition coefficient (Wildman–Crippen LogP) is 1.83. The highest BCUT2D eigenvalue weighted by Crippen LogP contribution is 2.19. The molecule has 0 radical (unpaired) electrons. The summed E-state index contributed by atoms with van der Waals surface area (Å²) in [5.41, 5.74) is 1.36. The highest BCUT2D eigenvalue weighted by molar-refractivity contribution is 5.01.